The van der Waals surface area contributed by atoms with Crippen molar-refractivity contribution in [1.82, 2.24) is 10.2 Å². The average Bonchev–Trinajstić information content (AvgIpc) is 2.66. The highest BCUT2D eigenvalue weighted by molar-refractivity contribution is 5.89. The standard InChI is InChI=1S/C20H28N2O6/c1-13(14-6-8-15(9-7-14)18(24)26-5)21-17(23)16-12-27-11-10-22(16)19(25)28-20(2,3)4/h6-9,13,16H,10-12H2,1-5H3,(H,21,23)/t13-,16+/m1/s1. The molecule has 8 nitrogen and oxygen atoms in total. The molecule has 1 heterocycles. The minimum absolute atomic E-state index is 0.110. The molecule has 1 aliphatic heterocycles. The van der Waals surface area contributed by atoms with Crippen molar-refractivity contribution in [3.05, 3.63) is 35.4 Å². The number of nitrogens with one attached hydrogen (secondary N) is 1. The number of esters is 1. The first-order valence-electron chi connectivity index (χ1n) is 9.18. The Balaban J connectivity index is 2.04. The normalized spacial score (nSPS) is 18.2. The summed E-state index contributed by atoms with van der Waals surface area (Å²) in [6, 6.07) is 5.70. The summed E-state index contributed by atoms with van der Waals surface area (Å²) in [5.41, 5.74) is 0.605. The van der Waals surface area contributed by atoms with E-state index in [0.717, 1.165) is 5.56 Å². The third-order valence-electron chi connectivity index (χ3n) is 4.25. The lowest BCUT2D eigenvalue weighted by Crippen LogP contribution is -2.57. The molecule has 0 saturated carbocycles. The minimum atomic E-state index is -0.764. The lowest BCUT2D eigenvalue weighted by atomic mass is 10.1. The Bertz CT molecular complexity index is 710. The number of carbonyl (C=O) groups excluding carboxylic acids is 3. The number of rotatable bonds is 4. The van der Waals surface area contributed by atoms with Crippen LogP contribution in [0.1, 0.15) is 49.7 Å². The van der Waals surface area contributed by atoms with Gasteiger partial charge in [0.2, 0.25) is 5.91 Å². The molecule has 1 aromatic carbocycles. The Labute approximate surface area is 165 Å². The quantitative estimate of drug-likeness (QED) is 0.790. The van der Waals surface area contributed by atoms with Gasteiger partial charge in [0.25, 0.3) is 0 Å². The molecule has 1 aliphatic rings. The Morgan fingerprint density at radius 2 is 1.86 bits per heavy atom. The van der Waals surface area contributed by atoms with Gasteiger partial charge in [0, 0.05) is 6.54 Å². The Morgan fingerprint density at radius 1 is 1.21 bits per heavy atom. The molecule has 2 atom stereocenters. The van der Waals surface area contributed by atoms with E-state index in [1.807, 2.05) is 6.92 Å². The number of nitrogens with zero attached hydrogens (tertiary/aromatic N) is 1. The molecule has 28 heavy (non-hydrogen) atoms. The van der Waals surface area contributed by atoms with E-state index in [9.17, 15) is 14.4 Å². The van der Waals surface area contributed by atoms with Crippen molar-refractivity contribution in [3.63, 3.8) is 0 Å². The smallest absolute Gasteiger partial charge is 0.411 e. The van der Waals surface area contributed by atoms with Crippen LogP contribution < -0.4 is 5.32 Å². The van der Waals surface area contributed by atoms with Gasteiger partial charge in [0.05, 0.1) is 31.9 Å². The summed E-state index contributed by atoms with van der Waals surface area (Å²) in [6.07, 6.45) is -0.536. The second kappa shape index (κ2) is 9.05. The van der Waals surface area contributed by atoms with E-state index in [1.54, 1.807) is 45.0 Å². The Kier molecular flexibility index (Phi) is 7.01. The highest BCUT2D eigenvalue weighted by atomic mass is 16.6. The summed E-state index contributed by atoms with van der Waals surface area (Å²) >= 11 is 0. The van der Waals surface area contributed by atoms with Gasteiger partial charge in [-0.1, -0.05) is 12.1 Å². The number of hydrogen-bond acceptors (Lipinski definition) is 6. The number of amides is 2. The molecule has 0 spiro atoms. The third kappa shape index (κ3) is 5.69. The topological polar surface area (TPSA) is 94.2 Å². The van der Waals surface area contributed by atoms with Gasteiger partial charge in [-0.2, -0.15) is 0 Å². The van der Waals surface area contributed by atoms with E-state index in [4.69, 9.17) is 9.47 Å². The van der Waals surface area contributed by atoms with E-state index in [0.29, 0.717) is 12.2 Å². The van der Waals surface area contributed by atoms with Crippen molar-refractivity contribution in [1.29, 1.82) is 0 Å². The Hall–Kier alpha value is -2.61. The monoisotopic (exact) mass is 392 g/mol. The van der Waals surface area contributed by atoms with Gasteiger partial charge in [0.1, 0.15) is 11.6 Å². The largest absolute Gasteiger partial charge is 0.465 e. The van der Waals surface area contributed by atoms with Gasteiger partial charge in [-0.05, 0) is 45.4 Å². The van der Waals surface area contributed by atoms with Crippen LogP contribution in [0.15, 0.2) is 24.3 Å². The summed E-state index contributed by atoms with van der Waals surface area (Å²) < 4.78 is 15.5. The SMILES string of the molecule is COC(=O)c1ccc([C@@H](C)NC(=O)[C@@H]2COCCN2C(=O)OC(C)(C)C)cc1. The van der Waals surface area contributed by atoms with Crippen molar-refractivity contribution in [2.45, 2.75) is 45.4 Å². The summed E-state index contributed by atoms with van der Waals surface area (Å²) in [5.74, 6) is -0.745. The van der Waals surface area contributed by atoms with E-state index < -0.39 is 23.7 Å². The van der Waals surface area contributed by atoms with Crippen molar-refractivity contribution < 1.29 is 28.6 Å². The predicted molar refractivity (Wildman–Crippen MR) is 102 cm³/mol. The Morgan fingerprint density at radius 3 is 2.43 bits per heavy atom. The maximum absolute atomic E-state index is 12.8. The number of carbonyl (C=O) groups is 3. The molecule has 0 radical (unpaired) electrons. The number of ether oxygens (including phenoxy) is 3. The van der Waals surface area contributed by atoms with Crippen LogP contribution in [-0.4, -0.2) is 61.4 Å². The van der Waals surface area contributed by atoms with Crippen molar-refractivity contribution in [2.24, 2.45) is 0 Å². The second-order valence-corrected chi connectivity index (χ2v) is 7.61. The van der Waals surface area contributed by atoms with Gasteiger partial charge in [0.15, 0.2) is 0 Å². The zero-order valence-electron chi connectivity index (χ0n) is 17.0. The molecular formula is C20H28N2O6. The molecule has 1 fully saturated rings. The van der Waals surface area contributed by atoms with Crippen molar-refractivity contribution in [3.8, 4) is 0 Å². The van der Waals surface area contributed by atoms with Crippen LogP contribution in [0.4, 0.5) is 4.79 Å². The second-order valence-electron chi connectivity index (χ2n) is 7.61. The molecule has 1 aromatic rings. The van der Waals surface area contributed by atoms with Gasteiger partial charge in [-0.3, -0.25) is 9.69 Å². The predicted octanol–water partition coefficient (Wildman–Crippen LogP) is 2.29. The van der Waals surface area contributed by atoms with Gasteiger partial charge in [-0.25, -0.2) is 9.59 Å². The molecular weight excluding hydrogens is 364 g/mol. The van der Waals surface area contributed by atoms with E-state index in [2.05, 4.69) is 10.1 Å². The molecule has 2 rings (SSSR count). The highest BCUT2D eigenvalue weighted by Gasteiger charge is 2.36. The van der Waals surface area contributed by atoms with Crippen LogP contribution in [0.2, 0.25) is 0 Å². The van der Waals surface area contributed by atoms with Crippen LogP contribution >= 0.6 is 0 Å². The summed E-state index contributed by atoms with van der Waals surface area (Å²) in [5, 5.41) is 2.89. The highest BCUT2D eigenvalue weighted by Crippen LogP contribution is 2.18. The average molecular weight is 392 g/mol. The molecule has 1 saturated heterocycles. The molecule has 0 bridgehead atoms. The lowest BCUT2D eigenvalue weighted by Gasteiger charge is -2.36. The minimum Gasteiger partial charge on any atom is -0.465 e. The third-order valence-corrected chi connectivity index (χ3v) is 4.25. The van der Waals surface area contributed by atoms with Gasteiger partial charge in [-0.15, -0.1) is 0 Å². The number of methoxy groups -OCH3 is 1. The maximum atomic E-state index is 12.8. The van der Waals surface area contributed by atoms with Crippen LogP contribution in [0.3, 0.4) is 0 Å². The fraction of sp³-hybridized carbons (Fsp3) is 0.550. The fourth-order valence-electron chi connectivity index (χ4n) is 2.78. The van der Waals surface area contributed by atoms with E-state index >= 15 is 0 Å². The number of hydrogen-bond donors (Lipinski definition) is 1. The maximum Gasteiger partial charge on any atom is 0.411 e. The van der Waals surface area contributed by atoms with Crippen molar-refractivity contribution >= 4 is 18.0 Å². The van der Waals surface area contributed by atoms with Crippen LogP contribution in [-0.2, 0) is 19.0 Å². The molecule has 0 aromatic heterocycles. The molecule has 0 unspecified atom stereocenters. The van der Waals surface area contributed by atoms with Crippen LogP contribution in [0, 0.1) is 0 Å². The van der Waals surface area contributed by atoms with Crippen molar-refractivity contribution in [2.75, 3.05) is 26.9 Å². The number of morpholine rings is 1. The molecule has 0 aliphatic carbocycles. The summed E-state index contributed by atoms with van der Waals surface area (Å²) in [7, 11) is 1.32. The zero-order chi connectivity index (χ0) is 20.9. The van der Waals surface area contributed by atoms with Gasteiger partial charge >= 0.3 is 12.1 Å². The molecule has 8 heteroatoms. The molecule has 154 valence electrons. The first kappa shape index (κ1) is 21.7. The lowest BCUT2D eigenvalue weighted by molar-refractivity contribution is -0.132. The van der Waals surface area contributed by atoms with Gasteiger partial charge < -0.3 is 19.5 Å². The van der Waals surface area contributed by atoms with Crippen LogP contribution in [0.5, 0.6) is 0 Å². The van der Waals surface area contributed by atoms with E-state index in [-0.39, 0.29) is 25.1 Å². The summed E-state index contributed by atoms with van der Waals surface area (Å²) in [4.78, 5) is 38.1. The molecule has 1 N–H and O–H groups in total. The summed E-state index contributed by atoms with van der Waals surface area (Å²) in [6.45, 7) is 7.91. The first-order valence-corrected chi connectivity index (χ1v) is 9.18. The fourth-order valence-corrected chi connectivity index (χ4v) is 2.78. The van der Waals surface area contributed by atoms with E-state index in [1.165, 1.54) is 12.0 Å². The van der Waals surface area contributed by atoms with Crippen LogP contribution in [0.25, 0.3) is 0 Å². The molecule has 2 amide bonds. The first-order chi connectivity index (χ1) is 13.1. The zero-order valence-corrected chi connectivity index (χ0v) is 17.0. The number of benzene rings is 1.